The quantitative estimate of drug-likeness (QED) is 0.660. The Kier molecular flexibility index (Phi) is 6.14. The fourth-order valence-corrected chi connectivity index (χ4v) is 6.18. The lowest BCUT2D eigenvalue weighted by Crippen LogP contribution is -2.43. The van der Waals surface area contributed by atoms with Crippen LogP contribution in [0.3, 0.4) is 0 Å². The van der Waals surface area contributed by atoms with Crippen LogP contribution in [0.4, 0.5) is 20.2 Å². The van der Waals surface area contributed by atoms with Gasteiger partial charge in [-0.15, -0.1) is 0 Å². The number of sulfone groups is 1. The summed E-state index contributed by atoms with van der Waals surface area (Å²) in [6.07, 6.45) is 3.00. The molecule has 1 heterocycles. The van der Waals surface area contributed by atoms with E-state index >= 15 is 0 Å². The van der Waals surface area contributed by atoms with Crippen molar-refractivity contribution < 1.29 is 31.5 Å². The Morgan fingerprint density at radius 3 is 2.59 bits per heavy atom. The normalized spacial score (nSPS) is 21.6. The fourth-order valence-electron chi connectivity index (χ4n) is 4.79. The van der Waals surface area contributed by atoms with E-state index in [0.29, 0.717) is 35.3 Å². The summed E-state index contributed by atoms with van der Waals surface area (Å²) >= 11 is 0. The lowest BCUT2D eigenvalue weighted by molar-refractivity contribution is -0.121. The predicted octanol–water partition coefficient (Wildman–Crippen LogP) is 3.94. The molecule has 7 nitrogen and oxygen atoms in total. The Hall–Kier alpha value is -3.01. The van der Waals surface area contributed by atoms with Gasteiger partial charge in [0.1, 0.15) is 5.75 Å². The molecule has 1 aliphatic heterocycles. The highest BCUT2D eigenvalue weighted by molar-refractivity contribution is 7.91. The molecule has 1 saturated carbocycles. The van der Waals surface area contributed by atoms with E-state index in [-0.39, 0.29) is 11.7 Å². The van der Waals surface area contributed by atoms with Crippen molar-refractivity contribution in [2.45, 2.75) is 56.4 Å². The second-order valence-corrected chi connectivity index (χ2v) is 11.5. The van der Waals surface area contributed by atoms with Gasteiger partial charge in [0.15, 0.2) is 9.84 Å². The molecule has 2 aromatic rings. The number of amides is 2. The molecule has 1 fully saturated rings. The standard InChI is InChI=1S/C24H26F2N2O5S/c1-24(2)17-12-14(21(29)27-18-8-5-9-20(18)34(3,31)32)10-11-19(17)28(22(24)30)15-6-4-7-16(13-15)33-23(25)26/h4,6-7,10-13,18,20,23H,5,8-9H2,1-3H3,(H,27,29)/t18-,20-/m1/s1. The van der Waals surface area contributed by atoms with Gasteiger partial charge in [-0.05, 0) is 69.0 Å². The number of carbonyl (C=O) groups excluding carboxylic acids is 2. The van der Waals surface area contributed by atoms with E-state index in [1.807, 2.05) is 0 Å². The van der Waals surface area contributed by atoms with E-state index in [0.717, 1.165) is 6.42 Å². The van der Waals surface area contributed by atoms with Crippen LogP contribution in [0.2, 0.25) is 0 Å². The second-order valence-electron chi connectivity index (χ2n) is 9.25. The van der Waals surface area contributed by atoms with Gasteiger partial charge in [0.05, 0.1) is 22.0 Å². The van der Waals surface area contributed by atoms with Gasteiger partial charge in [-0.3, -0.25) is 14.5 Å². The minimum absolute atomic E-state index is 0.0699. The molecule has 2 atom stereocenters. The summed E-state index contributed by atoms with van der Waals surface area (Å²) in [6, 6.07) is 10.3. The number of alkyl halides is 2. The van der Waals surface area contributed by atoms with E-state index in [4.69, 9.17) is 0 Å². The maximum Gasteiger partial charge on any atom is 0.387 e. The molecule has 2 amide bonds. The molecule has 2 aromatic carbocycles. The highest BCUT2D eigenvalue weighted by Crippen LogP contribution is 2.46. The maximum atomic E-state index is 13.3. The van der Waals surface area contributed by atoms with Gasteiger partial charge in [-0.2, -0.15) is 8.78 Å². The van der Waals surface area contributed by atoms with Crippen LogP contribution < -0.4 is 15.0 Å². The third kappa shape index (κ3) is 4.38. The zero-order valence-corrected chi connectivity index (χ0v) is 19.9. The molecule has 0 spiro atoms. The van der Waals surface area contributed by atoms with Gasteiger partial charge in [0, 0.05) is 23.9 Å². The highest BCUT2D eigenvalue weighted by atomic mass is 32.2. The largest absolute Gasteiger partial charge is 0.435 e. The Morgan fingerprint density at radius 1 is 1.18 bits per heavy atom. The molecule has 182 valence electrons. The van der Waals surface area contributed by atoms with E-state index in [9.17, 15) is 26.8 Å². The zero-order valence-electron chi connectivity index (χ0n) is 19.0. The van der Waals surface area contributed by atoms with Crippen molar-refractivity contribution >= 4 is 33.0 Å². The first-order valence-corrected chi connectivity index (χ1v) is 12.9. The molecule has 0 radical (unpaired) electrons. The fraction of sp³-hybridized carbons (Fsp3) is 0.417. The minimum atomic E-state index is -3.29. The molecule has 34 heavy (non-hydrogen) atoms. The third-order valence-corrected chi connectivity index (χ3v) is 8.19. The van der Waals surface area contributed by atoms with Crippen molar-refractivity contribution in [1.29, 1.82) is 0 Å². The van der Waals surface area contributed by atoms with Crippen LogP contribution in [0.5, 0.6) is 5.75 Å². The molecule has 0 aromatic heterocycles. The minimum Gasteiger partial charge on any atom is -0.435 e. The molecule has 1 aliphatic carbocycles. The Labute approximate surface area is 197 Å². The van der Waals surface area contributed by atoms with E-state index in [1.165, 1.54) is 29.4 Å². The maximum absolute atomic E-state index is 13.3. The SMILES string of the molecule is CC1(C)C(=O)N(c2cccc(OC(F)F)c2)c2ccc(C(=O)N[C@@H]3CCC[C@H]3S(C)(=O)=O)cc21. The zero-order chi connectivity index (χ0) is 24.8. The van der Waals surface area contributed by atoms with Crippen molar-refractivity contribution in [3.8, 4) is 5.75 Å². The van der Waals surface area contributed by atoms with Gasteiger partial charge >= 0.3 is 6.61 Å². The predicted molar refractivity (Wildman–Crippen MR) is 123 cm³/mol. The van der Waals surface area contributed by atoms with Gasteiger partial charge < -0.3 is 10.1 Å². The van der Waals surface area contributed by atoms with E-state index < -0.39 is 39.1 Å². The second kappa shape index (κ2) is 8.65. The first kappa shape index (κ1) is 24.1. The van der Waals surface area contributed by atoms with Crippen LogP contribution >= 0.6 is 0 Å². The van der Waals surface area contributed by atoms with Crippen LogP contribution in [-0.4, -0.2) is 44.4 Å². The monoisotopic (exact) mass is 492 g/mol. The third-order valence-electron chi connectivity index (χ3n) is 6.53. The number of ether oxygens (including phenoxy) is 1. The van der Waals surface area contributed by atoms with Crippen LogP contribution in [-0.2, 0) is 20.0 Å². The molecule has 0 unspecified atom stereocenters. The summed E-state index contributed by atoms with van der Waals surface area (Å²) < 4.78 is 53.9. The number of anilines is 2. The van der Waals surface area contributed by atoms with Crippen LogP contribution in [0.15, 0.2) is 42.5 Å². The van der Waals surface area contributed by atoms with Crippen LogP contribution in [0, 0.1) is 0 Å². The van der Waals surface area contributed by atoms with Crippen LogP contribution in [0.25, 0.3) is 0 Å². The van der Waals surface area contributed by atoms with Gasteiger partial charge in [-0.25, -0.2) is 8.42 Å². The Morgan fingerprint density at radius 2 is 1.91 bits per heavy atom. The molecule has 0 saturated heterocycles. The Bertz CT molecular complexity index is 1250. The summed E-state index contributed by atoms with van der Waals surface area (Å²) in [4.78, 5) is 27.7. The average molecular weight is 493 g/mol. The number of nitrogens with zero attached hydrogens (tertiary/aromatic N) is 1. The van der Waals surface area contributed by atoms with Crippen molar-refractivity contribution in [3.05, 3.63) is 53.6 Å². The molecule has 10 heteroatoms. The summed E-state index contributed by atoms with van der Waals surface area (Å²) in [7, 11) is -3.29. The highest BCUT2D eigenvalue weighted by Gasteiger charge is 2.45. The molecule has 0 bridgehead atoms. The number of carbonyl (C=O) groups is 2. The topological polar surface area (TPSA) is 92.8 Å². The summed E-state index contributed by atoms with van der Waals surface area (Å²) in [5.41, 5.74) is 0.852. The van der Waals surface area contributed by atoms with Gasteiger partial charge in [0.2, 0.25) is 5.91 Å². The average Bonchev–Trinajstić information content (AvgIpc) is 3.29. The number of halogens is 2. The summed E-state index contributed by atoms with van der Waals surface area (Å²) in [6.45, 7) is 0.467. The van der Waals surface area contributed by atoms with E-state index in [2.05, 4.69) is 10.1 Å². The van der Waals surface area contributed by atoms with Crippen molar-refractivity contribution in [3.63, 3.8) is 0 Å². The number of rotatable bonds is 6. The lowest BCUT2D eigenvalue weighted by Gasteiger charge is -2.21. The molecule has 1 N–H and O–H groups in total. The molecular weight excluding hydrogens is 466 g/mol. The number of hydrogen-bond donors (Lipinski definition) is 1. The number of fused-ring (bicyclic) bond motifs is 1. The number of hydrogen-bond acceptors (Lipinski definition) is 5. The van der Waals surface area contributed by atoms with Crippen molar-refractivity contribution in [2.24, 2.45) is 0 Å². The molecule has 4 rings (SSSR count). The lowest BCUT2D eigenvalue weighted by atomic mass is 9.85. The first-order valence-electron chi connectivity index (χ1n) is 10.9. The first-order chi connectivity index (χ1) is 15.9. The van der Waals surface area contributed by atoms with Crippen LogP contribution in [0.1, 0.15) is 49.0 Å². The van der Waals surface area contributed by atoms with Crippen molar-refractivity contribution in [1.82, 2.24) is 5.32 Å². The van der Waals surface area contributed by atoms with Crippen molar-refractivity contribution in [2.75, 3.05) is 11.2 Å². The summed E-state index contributed by atoms with van der Waals surface area (Å²) in [5, 5.41) is 2.24. The molecular formula is C24H26F2N2O5S. The van der Waals surface area contributed by atoms with Gasteiger partial charge in [0.25, 0.3) is 5.91 Å². The van der Waals surface area contributed by atoms with Gasteiger partial charge in [-0.1, -0.05) is 6.07 Å². The number of nitrogens with one attached hydrogen (secondary N) is 1. The Balaban J connectivity index is 1.64. The smallest absolute Gasteiger partial charge is 0.387 e. The van der Waals surface area contributed by atoms with E-state index in [1.54, 1.807) is 38.1 Å². The molecule has 2 aliphatic rings. The number of benzene rings is 2. The summed E-state index contributed by atoms with van der Waals surface area (Å²) in [5.74, 6) is -0.751.